The van der Waals surface area contributed by atoms with Gasteiger partial charge in [0.25, 0.3) is 0 Å². The van der Waals surface area contributed by atoms with Gasteiger partial charge in [0.15, 0.2) is 0 Å². The molecule has 0 bridgehead atoms. The Hall–Kier alpha value is -1.10. The summed E-state index contributed by atoms with van der Waals surface area (Å²) in [4.78, 5) is 25.9. The molecule has 17 heavy (non-hydrogen) atoms. The zero-order valence-electron chi connectivity index (χ0n) is 10.7. The molecule has 98 valence electrons. The van der Waals surface area contributed by atoms with Crippen LogP contribution in [0.5, 0.6) is 0 Å². The monoisotopic (exact) mass is 241 g/mol. The maximum absolute atomic E-state index is 11.8. The van der Waals surface area contributed by atoms with E-state index in [0.717, 1.165) is 25.9 Å². The first kappa shape index (κ1) is 14.0. The third-order valence-corrected chi connectivity index (χ3v) is 3.04. The lowest BCUT2D eigenvalue weighted by atomic mass is 10.3. The molecule has 0 radical (unpaired) electrons. The van der Waals surface area contributed by atoms with Crippen molar-refractivity contribution < 1.29 is 9.59 Å². The van der Waals surface area contributed by atoms with Crippen molar-refractivity contribution in [3.63, 3.8) is 0 Å². The summed E-state index contributed by atoms with van der Waals surface area (Å²) in [5.74, 6) is 0.194. The lowest BCUT2D eigenvalue weighted by Crippen LogP contribution is -2.48. The van der Waals surface area contributed by atoms with Crippen LogP contribution in [0.4, 0.5) is 0 Å². The quantitative estimate of drug-likeness (QED) is 0.507. The van der Waals surface area contributed by atoms with Gasteiger partial charge < -0.3 is 15.1 Å². The number of nitrogens with one attached hydrogen (secondary N) is 1. The van der Waals surface area contributed by atoms with E-state index in [1.807, 2.05) is 4.90 Å². The molecular formula is C12H23N3O2. The van der Waals surface area contributed by atoms with Gasteiger partial charge in [-0.15, -0.1) is 0 Å². The average molecular weight is 241 g/mol. The molecule has 0 unspecified atom stereocenters. The largest absolute Gasteiger partial charge is 0.342 e. The SMILES string of the molecule is CCCCNCCC(=O)N1CCN(C=O)CC1. The van der Waals surface area contributed by atoms with Crippen molar-refractivity contribution in [2.24, 2.45) is 0 Å². The van der Waals surface area contributed by atoms with Gasteiger partial charge in [0.05, 0.1) is 0 Å². The number of carbonyl (C=O) groups is 2. The Labute approximate surface area is 103 Å². The van der Waals surface area contributed by atoms with Crippen LogP contribution in [0.3, 0.4) is 0 Å². The molecule has 0 atom stereocenters. The van der Waals surface area contributed by atoms with Gasteiger partial charge >= 0.3 is 0 Å². The highest BCUT2D eigenvalue weighted by atomic mass is 16.2. The molecule has 0 aromatic carbocycles. The Morgan fingerprint density at radius 2 is 1.94 bits per heavy atom. The Balaban J connectivity index is 2.10. The van der Waals surface area contributed by atoms with Crippen molar-refractivity contribution in [1.29, 1.82) is 0 Å². The zero-order chi connectivity index (χ0) is 12.5. The number of hydrogen-bond acceptors (Lipinski definition) is 3. The molecule has 0 spiro atoms. The highest BCUT2D eigenvalue weighted by Gasteiger charge is 2.19. The van der Waals surface area contributed by atoms with Gasteiger partial charge in [-0.25, -0.2) is 0 Å². The van der Waals surface area contributed by atoms with Gasteiger partial charge in [-0.2, -0.15) is 0 Å². The first-order valence-electron chi connectivity index (χ1n) is 6.45. The first-order valence-corrected chi connectivity index (χ1v) is 6.45. The predicted molar refractivity (Wildman–Crippen MR) is 66.6 cm³/mol. The number of carbonyl (C=O) groups excluding carboxylic acids is 2. The first-order chi connectivity index (χ1) is 8.27. The van der Waals surface area contributed by atoms with E-state index in [2.05, 4.69) is 12.2 Å². The fourth-order valence-electron chi connectivity index (χ4n) is 1.86. The second-order valence-corrected chi connectivity index (χ2v) is 4.38. The van der Waals surface area contributed by atoms with Crippen molar-refractivity contribution in [2.45, 2.75) is 26.2 Å². The minimum atomic E-state index is 0.194. The van der Waals surface area contributed by atoms with Crippen LogP contribution < -0.4 is 5.32 Å². The van der Waals surface area contributed by atoms with Crippen LogP contribution in [-0.4, -0.2) is 61.4 Å². The lowest BCUT2D eigenvalue weighted by Gasteiger charge is -2.32. The fourth-order valence-corrected chi connectivity index (χ4v) is 1.86. The number of unbranched alkanes of at least 4 members (excludes halogenated alkanes) is 1. The third kappa shape index (κ3) is 5.17. The maximum atomic E-state index is 11.8. The normalized spacial score (nSPS) is 16.1. The van der Waals surface area contributed by atoms with Gasteiger partial charge in [0, 0.05) is 39.1 Å². The standard InChI is InChI=1S/C12H23N3O2/c1-2-3-5-13-6-4-12(17)15-9-7-14(11-16)8-10-15/h11,13H,2-10H2,1H3. The number of piperazine rings is 1. The summed E-state index contributed by atoms with van der Waals surface area (Å²) in [7, 11) is 0. The highest BCUT2D eigenvalue weighted by Crippen LogP contribution is 2.01. The molecule has 1 saturated heterocycles. The van der Waals surface area contributed by atoms with Gasteiger partial charge in [0.1, 0.15) is 0 Å². The topological polar surface area (TPSA) is 52.7 Å². The van der Waals surface area contributed by atoms with E-state index in [9.17, 15) is 9.59 Å². The molecule has 5 heteroatoms. The molecule has 2 amide bonds. The van der Waals surface area contributed by atoms with Crippen LogP contribution in [-0.2, 0) is 9.59 Å². The Morgan fingerprint density at radius 1 is 1.24 bits per heavy atom. The molecule has 1 rings (SSSR count). The van der Waals surface area contributed by atoms with E-state index >= 15 is 0 Å². The molecular weight excluding hydrogens is 218 g/mol. The summed E-state index contributed by atoms with van der Waals surface area (Å²) in [5, 5.41) is 3.26. The average Bonchev–Trinajstić information content (AvgIpc) is 2.38. The Kier molecular flexibility index (Phi) is 6.62. The highest BCUT2D eigenvalue weighted by molar-refractivity contribution is 5.76. The zero-order valence-corrected chi connectivity index (χ0v) is 10.7. The minimum absolute atomic E-state index is 0.194. The summed E-state index contributed by atoms with van der Waals surface area (Å²) in [6.45, 7) is 6.57. The third-order valence-electron chi connectivity index (χ3n) is 3.04. The van der Waals surface area contributed by atoms with Crippen LogP contribution in [0.25, 0.3) is 0 Å². The van der Waals surface area contributed by atoms with Gasteiger partial charge in [-0.3, -0.25) is 9.59 Å². The molecule has 0 aliphatic carbocycles. The fraction of sp³-hybridized carbons (Fsp3) is 0.833. The maximum Gasteiger partial charge on any atom is 0.223 e. The Morgan fingerprint density at radius 3 is 2.53 bits per heavy atom. The Bertz CT molecular complexity index is 238. The molecule has 1 aliphatic rings. The summed E-state index contributed by atoms with van der Waals surface area (Å²) >= 11 is 0. The van der Waals surface area contributed by atoms with Crippen LogP contribution in [0.1, 0.15) is 26.2 Å². The molecule has 1 fully saturated rings. The van der Waals surface area contributed by atoms with E-state index in [4.69, 9.17) is 0 Å². The van der Waals surface area contributed by atoms with Crippen molar-refractivity contribution in [3.05, 3.63) is 0 Å². The molecule has 1 aliphatic heterocycles. The second kappa shape index (κ2) is 8.06. The summed E-state index contributed by atoms with van der Waals surface area (Å²) < 4.78 is 0. The van der Waals surface area contributed by atoms with Crippen molar-refractivity contribution in [1.82, 2.24) is 15.1 Å². The van der Waals surface area contributed by atoms with E-state index in [1.165, 1.54) is 6.42 Å². The summed E-state index contributed by atoms with van der Waals surface area (Å²) in [6.07, 6.45) is 3.75. The molecule has 0 aromatic heterocycles. The molecule has 1 N–H and O–H groups in total. The van der Waals surface area contributed by atoms with Gasteiger partial charge in [0.2, 0.25) is 12.3 Å². The van der Waals surface area contributed by atoms with E-state index in [-0.39, 0.29) is 5.91 Å². The van der Waals surface area contributed by atoms with Crippen LogP contribution in [0, 0.1) is 0 Å². The van der Waals surface area contributed by atoms with Crippen LogP contribution >= 0.6 is 0 Å². The van der Waals surface area contributed by atoms with E-state index in [0.29, 0.717) is 32.6 Å². The molecule has 1 heterocycles. The molecule has 0 aromatic rings. The molecule has 0 saturated carbocycles. The lowest BCUT2D eigenvalue weighted by molar-refractivity contribution is -0.135. The number of hydrogen-bond donors (Lipinski definition) is 1. The van der Waals surface area contributed by atoms with E-state index < -0.39 is 0 Å². The van der Waals surface area contributed by atoms with Crippen molar-refractivity contribution >= 4 is 12.3 Å². The van der Waals surface area contributed by atoms with Gasteiger partial charge in [-0.05, 0) is 13.0 Å². The van der Waals surface area contributed by atoms with Crippen LogP contribution in [0.15, 0.2) is 0 Å². The minimum Gasteiger partial charge on any atom is -0.342 e. The second-order valence-electron chi connectivity index (χ2n) is 4.38. The molecule has 5 nitrogen and oxygen atoms in total. The van der Waals surface area contributed by atoms with Crippen molar-refractivity contribution in [3.8, 4) is 0 Å². The number of amides is 2. The number of rotatable bonds is 7. The predicted octanol–water partition coefficient (Wildman–Crippen LogP) is 0.0668. The van der Waals surface area contributed by atoms with Crippen molar-refractivity contribution in [2.75, 3.05) is 39.3 Å². The van der Waals surface area contributed by atoms with E-state index in [1.54, 1.807) is 4.90 Å². The number of nitrogens with zero attached hydrogens (tertiary/aromatic N) is 2. The smallest absolute Gasteiger partial charge is 0.223 e. The van der Waals surface area contributed by atoms with Gasteiger partial charge in [-0.1, -0.05) is 13.3 Å². The summed E-state index contributed by atoms with van der Waals surface area (Å²) in [6, 6.07) is 0. The summed E-state index contributed by atoms with van der Waals surface area (Å²) in [5.41, 5.74) is 0. The van der Waals surface area contributed by atoms with Crippen LogP contribution in [0.2, 0.25) is 0 Å².